The largest absolute Gasteiger partial charge is 0.325 e. The fourth-order valence-electron chi connectivity index (χ4n) is 2.98. The summed E-state index contributed by atoms with van der Waals surface area (Å²) in [6, 6.07) is 9.22. The van der Waals surface area contributed by atoms with Gasteiger partial charge in [-0.3, -0.25) is 24.3 Å². The molecule has 1 heterocycles. The molecule has 2 aromatic carbocycles. The number of nitro benzene ring substituents is 1. The number of amides is 1. The molecule has 0 saturated carbocycles. The number of non-ortho nitro benzene ring substituents is 1. The molecule has 0 radical (unpaired) electrons. The van der Waals surface area contributed by atoms with Crippen molar-refractivity contribution in [3.05, 3.63) is 67.5 Å². The van der Waals surface area contributed by atoms with Crippen LogP contribution in [0.2, 0.25) is 5.02 Å². The first kappa shape index (κ1) is 22.8. The number of carbonyl (C=O) groups excluding carboxylic acids is 1. The Bertz CT molecular complexity index is 1230. The number of hydrogen-bond acceptors (Lipinski definition) is 6. The normalized spacial score (nSPS) is 11.1. The maximum absolute atomic E-state index is 13.0. The third-order valence-electron chi connectivity index (χ3n) is 4.47. The van der Waals surface area contributed by atoms with Gasteiger partial charge in [-0.2, -0.15) is 0 Å². The molecule has 0 unspecified atom stereocenters. The van der Waals surface area contributed by atoms with Crippen LogP contribution in [0.15, 0.2) is 46.3 Å². The van der Waals surface area contributed by atoms with E-state index in [1.165, 1.54) is 12.1 Å². The summed E-state index contributed by atoms with van der Waals surface area (Å²) in [7, 11) is 0. The molecule has 0 aliphatic heterocycles. The number of aromatic nitrogens is 2. The second-order valence-electron chi connectivity index (χ2n) is 7.46. The predicted octanol–water partition coefficient (Wildman–Crippen LogP) is 4.65. The van der Waals surface area contributed by atoms with E-state index in [1.807, 2.05) is 13.8 Å². The van der Waals surface area contributed by atoms with Crippen molar-refractivity contribution in [3.8, 4) is 0 Å². The average Bonchev–Trinajstić information content (AvgIpc) is 2.70. The lowest BCUT2D eigenvalue weighted by Gasteiger charge is -2.15. The molecule has 162 valence electrons. The van der Waals surface area contributed by atoms with E-state index in [1.54, 1.807) is 35.8 Å². The summed E-state index contributed by atoms with van der Waals surface area (Å²) in [5, 5.41) is 15.0. The second-order valence-corrected chi connectivity index (χ2v) is 8.84. The third-order valence-corrected chi connectivity index (χ3v) is 5.68. The van der Waals surface area contributed by atoms with Gasteiger partial charge < -0.3 is 5.32 Å². The van der Waals surface area contributed by atoms with Gasteiger partial charge in [-0.25, -0.2) is 4.98 Å². The Morgan fingerprint density at radius 1 is 1.29 bits per heavy atom. The van der Waals surface area contributed by atoms with Crippen LogP contribution in [0, 0.1) is 23.0 Å². The zero-order valence-corrected chi connectivity index (χ0v) is 18.8. The highest BCUT2D eigenvalue weighted by molar-refractivity contribution is 7.99. The van der Waals surface area contributed by atoms with Crippen molar-refractivity contribution in [2.24, 2.45) is 5.92 Å². The van der Waals surface area contributed by atoms with Gasteiger partial charge in [0.2, 0.25) is 5.91 Å². The first-order valence-electron chi connectivity index (χ1n) is 9.53. The SMILES string of the molecule is Cc1ccc([N+](=O)[O-])cc1NC(=O)CSc1nc2ccc(Cl)cc2c(=O)n1CC(C)C. The molecular formula is C21H21ClN4O4S. The number of anilines is 1. The number of fused-ring (bicyclic) bond motifs is 1. The molecule has 3 rings (SSSR count). The number of nitrogens with zero attached hydrogens (tertiary/aromatic N) is 3. The molecule has 0 aliphatic carbocycles. The van der Waals surface area contributed by atoms with Crippen LogP contribution in [-0.4, -0.2) is 26.1 Å². The molecule has 0 bridgehead atoms. The number of thioether (sulfide) groups is 1. The van der Waals surface area contributed by atoms with Crippen molar-refractivity contribution < 1.29 is 9.72 Å². The number of hydrogen-bond donors (Lipinski definition) is 1. The number of halogens is 1. The van der Waals surface area contributed by atoms with Crippen LogP contribution in [0.25, 0.3) is 10.9 Å². The van der Waals surface area contributed by atoms with Crippen LogP contribution >= 0.6 is 23.4 Å². The third kappa shape index (κ3) is 5.42. The molecule has 8 nitrogen and oxygen atoms in total. The minimum Gasteiger partial charge on any atom is -0.325 e. The Labute approximate surface area is 187 Å². The van der Waals surface area contributed by atoms with Gasteiger partial charge in [0.1, 0.15) is 0 Å². The summed E-state index contributed by atoms with van der Waals surface area (Å²) in [5.41, 5.74) is 1.28. The van der Waals surface area contributed by atoms with Gasteiger partial charge in [-0.15, -0.1) is 0 Å². The van der Waals surface area contributed by atoms with Gasteiger partial charge in [0.05, 0.1) is 27.3 Å². The molecule has 0 spiro atoms. The van der Waals surface area contributed by atoms with Crippen molar-refractivity contribution in [2.75, 3.05) is 11.1 Å². The summed E-state index contributed by atoms with van der Waals surface area (Å²) in [6.07, 6.45) is 0. The highest BCUT2D eigenvalue weighted by Gasteiger charge is 2.16. The van der Waals surface area contributed by atoms with Crippen LogP contribution in [0.5, 0.6) is 0 Å². The van der Waals surface area contributed by atoms with Gasteiger partial charge in [0.15, 0.2) is 5.16 Å². The zero-order chi connectivity index (χ0) is 22.7. The van der Waals surface area contributed by atoms with E-state index in [2.05, 4.69) is 10.3 Å². The monoisotopic (exact) mass is 460 g/mol. The predicted molar refractivity (Wildman–Crippen MR) is 123 cm³/mol. The van der Waals surface area contributed by atoms with E-state index in [0.717, 1.165) is 11.8 Å². The van der Waals surface area contributed by atoms with Gasteiger partial charge in [-0.05, 0) is 36.6 Å². The molecule has 31 heavy (non-hydrogen) atoms. The van der Waals surface area contributed by atoms with Gasteiger partial charge in [0.25, 0.3) is 11.2 Å². The maximum Gasteiger partial charge on any atom is 0.271 e. The number of aryl methyl sites for hydroxylation is 1. The van der Waals surface area contributed by atoms with Crippen molar-refractivity contribution in [2.45, 2.75) is 32.5 Å². The number of carbonyl (C=O) groups is 1. The lowest BCUT2D eigenvalue weighted by atomic mass is 10.2. The van der Waals surface area contributed by atoms with E-state index in [9.17, 15) is 19.7 Å². The fraction of sp³-hybridized carbons (Fsp3) is 0.286. The summed E-state index contributed by atoms with van der Waals surface area (Å²) in [5.74, 6) is -0.168. The molecule has 1 aromatic heterocycles. The molecule has 0 aliphatic rings. The molecule has 0 fully saturated rings. The average molecular weight is 461 g/mol. The van der Waals surface area contributed by atoms with Crippen LogP contribution in [0.3, 0.4) is 0 Å². The Morgan fingerprint density at radius 2 is 2.03 bits per heavy atom. The van der Waals surface area contributed by atoms with Crippen molar-refractivity contribution in [3.63, 3.8) is 0 Å². The minimum atomic E-state index is -0.514. The smallest absolute Gasteiger partial charge is 0.271 e. The van der Waals surface area contributed by atoms with Gasteiger partial charge in [0, 0.05) is 23.7 Å². The lowest BCUT2D eigenvalue weighted by molar-refractivity contribution is -0.384. The van der Waals surface area contributed by atoms with E-state index < -0.39 is 4.92 Å². The zero-order valence-electron chi connectivity index (χ0n) is 17.2. The fourth-order valence-corrected chi connectivity index (χ4v) is 3.96. The van der Waals surface area contributed by atoms with Crippen molar-refractivity contribution in [1.82, 2.24) is 9.55 Å². The summed E-state index contributed by atoms with van der Waals surface area (Å²) >= 11 is 7.17. The van der Waals surface area contributed by atoms with E-state index >= 15 is 0 Å². The summed E-state index contributed by atoms with van der Waals surface area (Å²) in [6.45, 7) is 6.17. The Balaban J connectivity index is 1.85. The van der Waals surface area contributed by atoms with E-state index in [0.29, 0.717) is 38.9 Å². The van der Waals surface area contributed by atoms with Crippen molar-refractivity contribution >= 4 is 51.5 Å². The minimum absolute atomic E-state index is 0.00817. The van der Waals surface area contributed by atoms with Gasteiger partial charge in [-0.1, -0.05) is 43.3 Å². The Morgan fingerprint density at radius 3 is 2.71 bits per heavy atom. The summed E-state index contributed by atoms with van der Waals surface area (Å²) in [4.78, 5) is 40.6. The molecular weight excluding hydrogens is 440 g/mol. The Hall–Kier alpha value is -2.91. The van der Waals surface area contributed by atoms with Crippen LogP contribution in [0.1, 0.15) is 19.4 Å². The molecule has 1 amide bonds. The molecule has 1 N–H and O–H groups in total. The van der Waals surface area contributed by atoms with Crippen LogP contribution in [-0.2, 0) is 11.3 Å². The molecule has 0 atom stereocenters. The second kappa shape index (κ2) is 9.49. The topological polar surface area (TPSA) is 107 Å². The first-order chi connectivity index (χ1) is 14.7. The molecule has 10 heteroatoms. The maximum atomic E-state index is 13.0. The standard InChI is InChI=1S/C21H21ClN4O4S/c1-12(2)10-25-20(28)16-8-14(22)5-7-17(16)24-21(25)31-11-19(27)23-18-9-15(26(29)30)6-4-13(18)3/h4-9,12H,10-11H2,1-3H3,(H,23,27). The van der Waals surface area contributed by atoms with E-state index in [4.69, 9.17) is 11.6 Å². The van der Waals surface area contributed by atoms with E-state index in [-0.39, 0.29) is 28.8 Å². The number of nitro groups is 1. The number of rotatable bonds is 7. The van der Waals surface area contributed by atoms with Crippen LogP contribution in [0.4, 0.5) is 11.4 Å². The highest BCUT2D eigenvalue weighted by Crippen LogP contribution is 2.24. The highest BCUT2D eigenvalue weighted by atomic mass is 35.5. The van der Waals surface area contributed by atoms with Crippen LogP contribution < -0.4 is 10.9 Å². The Kier molecular flexibility index (Phi) is 6.97. The van der Waals surface area contributed by atoms with Crippen molar-refractivity contribution in [1.29, 1.82) is 0 Å². The quantitative estimate of drug-likeness (QED) is 0.238. The number of nitrogens with one attached hydrogen (secondary N) is 1. The molecule has 0 saturated heterocycles. The lowest BCUT2D eigenvalue weighted by Crippen LogP contribution is -2.26. The summed E-state index contributed by atoms with van der Waals surface area (Å²) < 4.78 is 1.56. The van der Waals surface area contributed by atoms with Gasteiger partial charge >= 0.3 is 0 Å². The first-order valence-corrected chi connectivity index (χ1v) is 10.9. The molecule has 3 aromatic rings. The number of benzene rings is 2.